The van der Waals surface area contributed by atoms with Crippen molar-refractivity contribution in [1.82, 2.24) is 9.80 Å². The molecule has 1 saturated carbocycles. The van der Waals surface area contributed by atoms with E-state index in [0.717, 1.165) is 19.3 Å². The maximum Gasteiger partial charge on any atom is 0.326 e. The van der Waals surface area contributed by atoms with Crippen LogP contribution in [0.15, 0.2) is 0 Å². The smallest absolute Gasteiger partial charge is 0.326 e. The number of carboxylic acids is 1. The van der Waals surface area contributed by atoms with E-state index in [2.05, 4.69) is 0 Å². The lowest BCUT2D eigenvalue weighted by atomic mass is 9.94. The average molecular weight is 296 g/mol. The number of amides is 2. The largest absolute Gasteiger partial charge is 0.480 e. The van der Waals surface area contributed by atoms with Gasteiger partial charge >= 0.3 is 12.0 Å². The highest BCUT2D eigenvalue weighted by atomic mass is 16.4. The Morgan fingerprint density at radius 2 is 1.90 bits per heavy atom. The number of rotatable bonds is 1. The molecule has 0 aromatic rings. The van der Waals surface area contributed by atoms with Crippen LogP contribution in [0.25, 0.3) is 0 Å². The summed E-state index contributed by atoms with van der Waals surface area (Å²) < 4.78 is 0. The normalized spacial score (nSPS) is 39.4. The predicted molar refractivity (Wildman–Crippen MR) is 75.7 cm³/mol. The van der Waals surface area contributed by atoms with Gasteiger partial charge in [-0.3, -0.25) is 0 Å². The minimum Gasteiger partial charge on any atom is -0.480 e. The highest BCUT2D eigenvalue weighted by molar-refractivity contribution is 5.84. The van der Waals surface area contributed by atoms with E-state index in [-0.39, 0.29) is 24.0 Å². The second-order valence-electron chi connectivity index (χ2n) is 6.85. The first-order valence-electron chi connectivity index (χ1n) is 7.95. The monoisotopic (exact) mass is 296 g/mol. The van der Waals surface area contributed by atoms with Gasteiger partial charge < -0.3 is 20.0 Å². The number of aliphatic carboxylic acids is 1. The van der Waals surface area contributed by atoms with E-state index in [9.17, 15) is 19.8 Å². The van der Waals surface area contributed by atoms with Gasteiger partial charge in [-0.15, -0.1) is 0 Å². The van der Waals surface area contributed by atoms with E-state index in [0.29, 0.717) is 32.0 Å². The summed E-state index contributed by atoms with van der Waals surface area (Å²) in [5, 5.41) is 19.3. The Balaban J connectivity index is 1.73. The van der Waals surface area contributed by atoms with Crippen LogP contribution in [0.2, 0.25) is 0 Å². The number of aliphatic hydroxyl groups is 1. The summed E-state index contributed by atoms with van der Waals surface area (Å²) in [7, 11) is 0. The molecule has 5 atom stereocenters. The van der Waals surface area contributed by atoms with Gasteiger partial charge in [-0.05, 0) is 37.0 Å². The van der Waals surface area contributed by atoms with Crippen molar-refractivity contribution in [3.8, 4) is 0 Å². The molecular weight excluding hydrogens is 272 g/mol. The number of fused-ring (bicyclic) bond motifs is 1. The second kappa shape index (κ2) is 5.48. The molecule has 0 aromatic heterocycles. The van der Waals surface area contributed by atoms with E-state index in [4.69, 9.17) is 0 Å². The summed E-state index contributed by atoms with van der Waals surface area (Å²) in [6.07, 6.45) is 3.25. The van der Waals surface area contributed by atoms with Crippen LogP contribution in [0.5, 0.6) is 0 Å². The Morgan fingerprint density at radius 1 is 1.14 bits per heavy atom. The summed E-state index contributed by atoms with van der Waals surface area (Å²) in [5.74, 6) is -0.349. The first kappa shape index (κ1) is 14.6. The van der Waals surface area contributed by atoms with Crippen molar-refractivity contribution in [3.05, 3.63) is 0 Å². The molecule has 2 heterocycles. The maximum atomic E-state index is 12.7. The molecule has 0 bridgehead atoms. The molecular formula is C15H24N2O4. The highest BCUT2D eigenvalue weighted by Gasteiger charge is 2.50. The molecule has 3 rings (SSSR count). The SMILES string of the molecule is CC1CN(C(=O)N2CC3CCCC3C2C(=O)O)CCC1O. The van der Waals surface area contributed by atoms with Gasteiger partial charge in [-0.2, -0.15) is 0 Å². The summed E-state index contributed by atoms with van der Waals surface area (Å²) in [6, 6.07) is -0.817. The predicted octanol–water partition coefficient (Wildman–Crippen LogP) is 0.994. The molecule has 5 unspecified atom stereocenters. The number of nitrogens with zero attached hydrogens (tertiary/aromatic N) is 2. The van der Waals surface area contributed by atoms with Crippen molar-refractivity contribution in [2.24, 2.45) is 17.8 Å². The number of aliphatic hydroxyl groups excluding tert-OH is 1. The van der Waals surface area contributed by atoms with Crippen LogP contribution in [-0.4, -0.2) is 63.8 Å². The molecule has 3 fully saturated rings. The van der Waals surface area contributed by atoms with E-state index in [1.54, 1.807) is 9.80 Å². The van der Waals surface area contributed by atoms with Crippen LogP contribution >= 0.6 is 0 Å². The van der Waals surface area contributed by atoms with E-state index < -0.39 is 12.0 Å². The molecule has 6 heteroatoms. The van der Waals surface area contributed by atoms with Gasteiger partial charge in [0.25, 0.3) is 0 Å². The van der Waals surface area contributed by atoms with Crippen LogP contribution in [0.4, 0.5) is 4.79 Å². The van der Waals surface area contributed by atoms with Crippen molar-refractivity contribution in [2.75, 3.05) is 19.6 Å². The van der Waals surface area contributed by atoms with E-state index in [1.807, 2.05) is 6.92 Å². The minimum absolute atomic E-state index is 0.0491. The Kier molecular flexibility index (Phi) is 3.82. The molecule has 2 amide bonds. The Morgan fingerprint density at radius 3 is 2.57 bits per heavy atom. The first-order valence-corrected chi connectivity index (χ1v) is 7.95. The van der Waals surface area contributed by atoms with Crippen LogP contribution < -0.4 is 0 Å². The molecule has 2 aliphatic heterocycles. The van der Waals surface area contributed by atoms with Gasteiger partial charge in [-0.1, -0.05) is 13.3 Å². The fraction of sp³-hybridized carbons (Fsp3) is 0.867. The molecule has 118 valence electrons. The number of carboxylic acid groups (broad SMARTS) is 1. The fourth-order valence-corrected chi connectivity index (χ4v) is 4.31. The van der Waals surface area contributed by atoms with Gasteiger partial charge in [-0.25, -0.2) is 9.59 Å². The van der Waals surface area contributed by atoms with Crippen LogP contribution in [-0.2, 0) is 4.79 Å². The minimum atomic E-state index is -0.872. The van der Waals surface area contributed by atoms with Crippen LogP contribution in [0.1, 0.15) is 32.6 Å². The van der Waals surface area contributed by atoms with Gasteiger partial charge in [0.2, 0.25) is 0 Å². The van der Waals surface area contributed by atoms with Crippen molar-refractivity contribution in [3.63, 3.8) is 0 Å². The molecule has 0 spiro atoms. The summed E-state index contributed by atoms with van der Waals surface area (Å²) in [4.78, 5) is 27.6. The number of urea groups is 1. The number of likely N-dealkylation sites (tertiary alicyclic amines) is 2. The maximum absolute atomic E-state index is 12.7. The summed E-state index contributed by atoms with van der Waals surface area (Å²) in [5.41, 5.74) is 0. The van der Waals surface area contributed by atoms with Crippen LogP contribution in [0, 0.1) is 17.8 Å². The topological polar surface area (TPSA) is 81.1 Å². The first-order chi connectivity index (χ1) is 9.99. The molecule has 1 aliphatic carbocycles. The fourth-order valence-electron chi connectivity index (χ4n) is 4.31. The Labute approximate surface area is 124 Å². The Bertz CT molecular complexity index is 441. The second-order valence-corrected chi connectivity index (χ2v) is 6.85. The molecule has 3 aliphatic rings. The number of hydrogen-bond donors (Lipinski definition) is 2. The van der Waals surface area contributed by atoms with Gasteiger partial charge in [0.05, 0.1) is 6.10 Å². The van der Waals surface area contributed by atoms with Crippen molar-refractivity contribution in [2.45, 2.75) is 44.8 Å². The highest BCUT2D eigenvalue weighted by Crippen LogP contribution is 2.42. The molecule has 6 nitrogen and oxygen atoms in total. The standard InChI is InChI=1S/C15H24N2O4/c1-9-7-16(6-5-12(9)18)15(21)17-8-10-3-2-4-11(10)13(17)14(19)20/h9-13,18H,2-8H2,1H3,(H,19,20). The van der Waals surface area contributed by atoms with Gasteiger partial charge in [0.15, 0.2) is 0 Å². The lowest BCUT2D eigenvalue weighted by Crippen LogP contribution is -2.53. The van der Waals surface area contributed by atoms with Crippen molar-refractivity contribution >= 4 is 12.0 Å². The zero-order valence-electron chi connectivity index (χ0n) is 12.4. The summed E-state index contributed by atoms with van der Waals surface area (Å²) >= 11 is 0. The van der Waals surface area contributed by atoms with E-state index >= 15 is 0 Å². The summed E-state index contributed by atoms with van der Waals surface area (Å²) in [6.45, 7) is 3.53. The molecule has 0 radical (unpaired) electrons. The average Bonchev–Trinajstić information content (AvgIpc) is 3.00. The number of hydrogen-bond acceptors (Lipinski definition) is 3. The van der Waals surface area contributed by atoms with Gasteiger partial charge in [0, 0.05) is 19.6 Å². The number of carbonyl (C=O) groups excluding carboxylic acids is 1. The molecule has 2 N–H and O–H groups in total. The van der Waals surface area contributed by atoms with Crippen LogP contribution in [0.3, 0.4) is 0 Å². The molecule has 0 aromatic carbocycles. The quantitative estimate of drug-likeness (QED) is 0.756. The molecule has 21 heavy (non-hydrogen) atoms. The zero-order chi connectivity index (χ0) is 15.1. The lowest BCUT2D eigenvalue weighted by molar-refractivity contribution is -0.142. The van der Waals surface area contributed by atoms with Crippen molar-refractivity contribution in [1.29, 1.82) is 0 Å². The van der Waals surface area contributed by atoms with Gasteiger partial charge in [0.1, 0.15) is 6.04 Å². The number of piperidine rings is 1. The molecule has 2 saturated heterocycles. The lowest BCUT2D eigenvalue weighted by Gasteiger charge is -2.38. The Hall–Kier alpha value is -1.30. The third-order valence-corrected chi connectivity index (χ3v) is 5.52. The third kappa shape index (κ3) is 2.50. The van der Waals surface area contributed by atoms with Crippen molar-refractivity contribution < 1.29 is 19.8 Å². The van der Waals surface area contributed by atoms with E-state index in [1.165, 1.54) is 0 Å². The zero-order valence-corrected chi connectivity index (χ0v) is 12.4. The number of carbonyl (C=O) groups is 2. The third-order valence-electron chi connectivity index (χ3n) is 5.52.